The summed E-state index contributed by atoms with van der Waals surface area (Å²) < 4.78 is 14.6. The lowest BCUT2D eigenvalue weighted by atomic mass is 9.90. The zero-order valence-corrected chi connectivity index (χ0v) is 15.2. The average Bonchev–Trinajstić information content (AvgIpc) is 2.63. The number of carbonyl (C=O) groups excluding carboxylic acids is 1. The summed E-state index contributed by atoms with van der Waals surface area (Å²) in [6.45, 7) is 2.00. The highest BCUT2D eigenvalue weighted by Gasteiger charge is 2.39. The van der Waals surface area contributed by atoms with Gasteiger partial charge in [-0.2, -0.15) is 4.98 Å². The molecule has 1 fully saturated rings. The van der Waals surface area contributed by atoms with Crippen molar-refractivity contribution in [3.8, 4) is 0 Å². The number of benzene rings is 1. The Bertz CT molecular complexity index is 860. The molecule has 142 valence electrons. The van der Waals surface area contributed by atoms with Crippen LogP contribution in [0.15, 0.2) is 24.4 Å². The van der Waals surface area contributed by atoms with E-state index in [4.69, 9.17) is 11.5 Å². The fourth-order valence-electron chi connectivity index (χ4n) is 4.02. The Kier molecular flexibility index (Phi) is 4.43. The first kappa shape index (κ1) is 17.7. The van der Waals surface area contributed by atoms with Gasteiger partial charge in [-0.3, -0.25) is 9.80 Å². The number of nitrogens with zero attached hydrogens (tertiary/aromatic N) is 4. The van der Waals surface area contributed by atoms with E-state index in [2.05, 4.69) is 9.97 Å². The lowest BCUT2D eigenvalue weighted by molar-refractivity contribution is 0.243. The van der Waals surface area contributed by atoms with Gasteiger partial charge in [-0.25, -0.2) is 14.2 Å². The summed E-state index contributed by atoms with van der Waals surface area (Å²) in [7, 11) is 0. The van der Waals surface area contributed by atoms with E-state index >= 15 is 0 Å². The van der Waals surface area contributed by atoms with Crippen LogP contribution in [0.5, 0.6) is 0 Å². The second kappa shape index (κ2) is 6.77. The molecule has 1 aromatic heterocycles. The topological polar surface area (TPSA) is 101 Å². The van der Waals surface area contributed by atoms with Gasteiger partial charge in [-0.05, 0) is 44.2 Å². The number of aromatic nitrogens is 2. The van der Waals surface area contributed by atoms with Crippen LogP contribution >= 0.6 is 0 Å². The minimum absolute atomic E-state index is 0.0415. The van der Waals surface area contributed by atoms with Gasteiger partial charge in [0.15, 0.2) is 0 Å². The van der Waals surface area contributed by atoms with E-state index in [-0.39, 0.29) is 30.6 Å². The summed E-state index contributed by atoms with van der Waals surface area (Å²) in [5.74, 6) is 0.224. The molecule has 1 aliphatic carbocycles. The van der Waals surface area contributed by atoms with Crippen molar-refractivity contribution in [3.63, 3.8) is 0 Å². The Balaban J connectivity index is 1.79. The Labute approximate surface area is 157 Å². The zero-order valence-electron chi connectivity index (χ0n) is 15.2. The second-order valence-corrected chi connectivity index (χ2v) is 7.29. The number of fused-ring (bicyclic) bond motifs is 1. The van der Waals surface area contributed by atoms with Crippen LogP contribution in [0.2, 0.25) is 0 Å². The van der Waals surface area contributed by atoms with Gasteiger partial charge < -0.3 is 11.5 Å². The predicted molar refractivity (Wildman–Crippen MR) is 102 cm³/mol. The molecule has 27 heavy (non-hydrogen) atoms. The fourth-order valence-corrected chi connectivity index (χ4v) is 4.02. The molecule has 8 heteroatoms. The highest BCUT2D eigenvalue weighted by molar-refractivity contribution is 6.06. The lowest BCUT2D eigenvalue weighted by Crippen LogP contribution is -2.54. The number of carbonyl (C=O) groups is 1. The number of amides is 2. The highest BCUT2D eigenvalue weighted by atomic mass is 19.1. The van der Waals surface area contributed by atoms with Crippen LogP contribution in [0.1, 0.15) is 36.8 Å². The molecule has 2 heterocycles. The van der Waals surface area contributed by atoms with Gasteiger partial charge in [-0.15, -0.1) is 0 Å². The maximum Gasteiger partial charge on any atom is 0.330 e. The molecule has 0 atom stereocenters. The van der Waals surface area contributed by atoms with Gasteiger partial charge in [0.1, 0.15) is 11.6 Å². The van der Waals surface area contributed by atoms with Crippen LogP contribution in [0.4, 0.5) is 26.6 Å². The van der Waals surface area contributed by atoms with Gasteiger partial charge in [0.2, 0.25) is 5.95 Å². The van der Waals surface area contributed by atoms with E-state index in [0.29, 0.717) is 17.1 Å². The predicted octanol–water partition coefficient (Wildman–Crippen LogP) is 2.72. The maximum atomic E-state index is 14.6. The van der Waals surface area contributed by atoms with Gasteiger partial charge in [-0.1, -0.05) is 12.1 Å². The van der Waals surface area contributed by atoms with Crippen LogP contribution in [0.3, 0.4) is 0 Å². The first-order valence-electron chi connectivity index (χ1n) is 9.18. The summed E-state index contributed by atoms with van der Waals surface area (Å²) in [5.41, 5.74) is 13.6. The van der Waals surface area contributed by atoms with Crippen molar-refractivity contribution in [2.45, 2.75) is 51.2 Å². The molecule has 1 aliphatic heterocycles. The van der Waals surface area contributed by atoms with E-state index in [1.54, 1.807) is 30.2 Å². The third-order valence-corrected chi connectivity index (χ3v) is 5.42. The number of anilines is 3. The molecule has 0 spiro atoms. The Morgan fingerprint density at radius 1 is 1.22 bits per heavy atom. The van der Waals surface area contributed by atoms with Crippen LogP contribution in [0.25, 0.3) is 0 Å². The van der Waals surface area contributed by atoms with Crippen LogP contribution in [0, 0.1) is 12.7 Å². The van der Waals surface area contributed by atoms with Gasteiger partial charge in [0.25, 0.3) is 0 Å². The quantitative estimate of drug-likeness (QED) is 0.846. The van der Waals surface area contributed by atoms with Crippen LogP contribution in [-0.4, -0.2) is 28.1 Å². The first-order chi connectivity index (χ1) is 13.0. The van der Waals surface area contributed by atoms with Crippen molar-refractivity contribution < 1.29 is 9.18 Å². The van der Waals surface area contributed by atoms with Crippen LogP contribution in [-0.2, 0) is 6.54 Å². The smallest absolute Gasteiger partial charge is 0.330 e. The van der Waals surface area contributed by atoms with Crippen molar-refractivity contribution in [2.75, 3.05) is 15.5 Å². The summed E-state index contributed by atoms with van der Waals surface area (Å²) in [6.07, 6.45) is 4.85. The van der Waals surface area contributed by atoms with Crippen molar-refractivity contribution in [1.82, 2.24) is 9.97 Å². The SMILES string of the molecule is Cc1cccc(F)c1N1Cc2cnc(N)nc2N([C@H]2CC[C@@H](N)CC2)C1=O. The van der Waals surface area contributed by atoms with Gasteiger partial charge in [0.05, 0.1) is 12.2 Å². The van der Waals surface area contributed by atoms with Crippen LogP contribution < -0.4 is 21.3 Å². The molecule has 0 saturated heterocycles. The minimum Gasteiger partial charge on any atom is -0.368 e. The number of rotatable bonds is 2. The molecule has 2 aromatic rings. The van der Waals surface area contributed by atoms with Gasteiger partial charge >= 0.3 is 6.03 Å². The van der Waals surface area contributed by atoms with E-state index in [1.165, 1.54) is 11.0 Å². The Morgan fingerprint density at radius 3 is 2.67 bits per heavy atom. The van der Waals surface area contributed by atoms with E-state index in [0.717, 1.165) is 31.2 Å². The monoisotopic (exact) mass is 370 g/mol. The number of para-hydroxylation sites is 1. The van der Waals surface area contributed by atoms with Crippen molar-refractivity contribution in [1.29, 1.82) is 0 Å². The minimum atomic E-state index is -0.422. The van der Waals surface area contributed by atoms with Crippen molar-refractivity contribution in [2.24, 2.45) is 5.73 Å². The Hall–Kier alpha value is -2.74. The molecular formula is C19H23FN6O. The van der Waals surface area contributed by atoms with E-state index in [1.807, 2.05) is 0 Å². The molecule has 0 unspecified atom stereocenters. The largest absolute Gasteiger partial charge is 0.368 e. The lowest BCUT2D eigenvalue weighted by Gasteiger charge is -2.42. The normalized spacial score (nSPS) is 22.7. The number of hydrogen-bond acceptors (Lipinski definition) is 5. The van der Waals surface area contributed by atoms with Crippen molar-refractivity contribution in [3.05, 3.63) is 41.3 Å². The number of nitrogen functional groups attached to an aromatic ring is 1. The second-order valence-electron chi connectivity index (χ2n) is 7.29. The molecule has 4 N–H and O–H groups in total. The molecule has 1 aromatic carbocycles. The summed E-state index contributed by atoms with van der Waals surface area (Å²) in [6, 6.07) is 4.63. The molecule has 7 nitrogen and oxygen atoms in total. The summed E-state index contributed by atoms with van der Waals surface area (Å²) >= 11 is 0. The number of nitrogens with two attached hydrogens (primary N) is 2. The Morgan fingerprint density at radius 2 is 1.96 bits per heavy atom. The number of urea groups is 1. The van der Waals surface area contributed by atoms with E-state index in [9.17, 15) is 9.18 Å². The number of aryl methyl sites for hydroxylation is 1. The standard InChI is InChI=1S/C19H23FN6O/c1-11-3-2-4-15(20)16(11)25-10-12-9-23-18(22)24-17(12)26(19(25)27)14-7-5-13(21)6-8-14/h2-4,9,13-14H,5-8,10,21H2,1H3,(H2,22,23,24)/t13-,14+. The number of halogens is 1. The number of hydrogen-bond donors (Lipinski definition) is 2. The fraction of sp³-hybridized carbons (Fsp3) is 0.421. The third kappa shape index (κ3) is 3.10. The molecular weight excluding hydrogens is 347 g/mol. The molecule has 0 radical (unpaired) electrons. The average molecular weight is 370 g/mol. The zero-order chi connectivity index (χ0) is 19.1. The highest BCUT2D eigenvalue weighted by Crippen LogP contribution is 2.37. The first-order valence-corrected chi connectivity index (χ1v) is 9.18. The maximum absolute atomic E-state index is 14.6. The van der Waals surface area contributed by atoms with Crippen molar-refractivity contribution >= 4 is 23.5 Å². The van der Waals surface area contributed by atoms with E-state index < -0.39 is 5.82 Å². The third-order valence-electron chi connectivity index (χ3n) is 5.42. The summed E-state index contributed by atoms with van der Waals surface area (Å²) in [4.78, 5) is 25.0. The molecule has 2 amide bonds. The molecule has 0 bridgehead atoms. The van der Waals surface area contributed by atoms with Gasteiger partial charge in [0, 0.05) is 23.8 Å². The summed E-state index contributed by atoms with van der Waals surface area (Å²) in [5, 5.41) is 0. The molecule has 4 rings (SSSR count). The molecule has 2 aliphatic rings. The molecule has 1 saturated carbocycles.